The van der Waals surface area contributed by atoms with E-state index in [1.165, 1.54) is 0 Å². The number of ether oxygens (including phenoxy) is 1. The third-order valence-corrected chi connectivity index (χ3v) is 4.02. The fourth-order valence-corrected chi connectivity index (χ4v) is 2.85. The van der Waals surface area contributed by atoms with Gasteiger partial charge in [-0.3, -0.25) is 9.59 Å². The largest absolute Gasteiger partial charge is 0.497 e. The SMILES string of the molecule is COc1ccc2c(c1)c(=O)c(CC(=O)O)c(C)n2C1CC1. The zero-order chi connectivity index (χ0) is 15.1. The predicted octanol–water partition coefficient (Wildman–Crippen LogP) is 2.28. The van der Waals surface area contributed by atoms with Crippen LogP contribution in [-0.4, -0.2) is 22.8 Å². The number of rotatable bonds is 4. The highest BCUT2D eigenvalue weighted by atomic mass is 16.5. The maximum absolute atomic E-state index is 12.6. The van der Waals surface area contributed by atoms with Crippen molar-refractivity contribution < 1.29 is 14.6 Å². The number of carboxylic acid groups (broad SMARTS) is 1. The Labute approximate surface area is 121 Å². The first-order valence-electron chi connectivity index (χ1n) is 6.96. The van der Waals surface area contributed by atoms with Crippen LogP contribution in [0.1, 0.15) is 30.1 Å². The van der Waals surface area contributed by atoms with Crippen LogP contribution < -0.4 is 10.2 Å². The summed E-state index contributed by atoms with van der Waals surface area (Å²) in [6, 6.07) is 5.78. The van der Waals surface area contributed by atoms with Gasteiger partial charge in [-0.05, 0) is 38.0 Å². The fourth-order valence-electron chi connectivity index (χ4n) is 2.85. The summed E-state index contributed by atoms with van der Waals surface area (Å²) in [7, 11) is 1.55. The normalized spacial score (nSPS) is 14.4. The summed E-state index contributed by atoms with van der Waals surface area (Å²) in [4.78, 5) is 23.7. The smallest absolute Gasteiger partial charge is 0.308 e. The van der Waals surface area contributed by atoms with Crippen LogP contribution in [0.5, 0.6) is 5.75 Å². The topological polar surface area (TPSA) is 68.5 Å². The minimum atomic E-state index is -0.986. The van der Waals surface area contributed by atoms with Crippen molar-refractivity contribution >= 4 is 16.9 Å². The van der Waals surface area contributed by atoms with Gasteiger partial charge in [-0.15, -0.1) is 0 Å². The van der Waals surface area contributed by atoms with Crippen LogP contribution in [0.3, 0.4) is 0 Å². The van der Waals surface area contributed by atoms with Gasteiger partial charge in [0.1, 0.15) is 5.75 Å². The fraction of sp³-hybridized carbons (Fsp3) is 0.375. The Hall–Kier alpha value is -2.30. The Kier molecular flexibility index (Phi) is 3.20. The molecule has 0 bridgehead atoms. The van der Waals surface area contributed by atoms with Crippen LogP contribution in [0.25, 0.3) is 10.9 Å². The molecule has 0 aliphatic heterocycles. The highest BCUT2D eigenvalue weighted by molar-refractivity contribution is 5.83. The number of fused-ring (bicyclic) bond motifs is 1. The van der Waals surface area contributed by atoms with Crippen molar-refractivity contribution in [2.45, 2.75) is 32.2 Å². The summed E-state index contributed by atoms with van der Waals surface area (Å²) in [5.74, 6) is -0.383. The number of pyridine rings is 1. The van der Waals surface area contributed by atoms with Crippen molar-refractivity contribution in [3.63, 3.8) is 0 Å². The Morgan fingerprint density at radius 1 is 1.43 bits per heavy atom. The molecule has 5 heteroatoms. The number of hydrogen-bond acceptors (Lipinski definition) is 3. The molecule has 21 heavy (non-hydrogen) atoms. The van der Waals surface area contributed by atoms with Gasteiger partial charge >= 0.3 is 5.97 Å². The van der Waals surface area contributed by atoms with Gasteiger partial charge in [0, 0.05) is 22.7 Å². The number of carbonyl (C=O) groups is 1. The first-order valence-corrected chi connectivity index (χ1v) is 6.96. The zero-order valence-corrected chi connectivity index (χ0v) is 12.0. The van der Waals surface area contributed by atoms with Gasteiger partial charge in [0.05, 0.1) is 19.0 Å². The molecule has 1 saturated carbocycles. The minimum Gasteiger partial charge on any atom is -0.497 e. The van der Waals surface area contributed by atoms with E-state index < -0.39 is 5.97 Å². The Bertz CT molecular complexity index is 787. The number of nitrogens with zero attached hydrogens (tertiary/aromatic N) is 1. The maximum Gasteiger partial charge on any atom is 0.308 e. The second-order valence-electron chi connectivity index (χ2n) is 5.45. The van der Waals surface area contributed by atoms with Gasteiger partial charge in [-0.2, -0.15) is 0 Å². The standard InChI is InChI=1S/C16H17NO4/c1-9-12(8-15(18)19)16(20)13-7-11(21-2)5-6-14(13)17(9)10-3-4-10/h5-7,10H,3-4,8H2,1-2H3,(H,18,19). The molecule has 0 amide bonds. The molecular weight excluding hydrogens is 270 g/mol. The van der Waals surface area contributed by atoms with E-state index in [0.29, 0.717) is 22.7 Å². The monoisotopic (exact) mass is 287 g/mol. The molecule has 1 fully saturated rings. The van der Waals surface area contributed by atoms with E-state index in [1.807, 2.05) is 19.1 Å². The molecule has 2 aromatic rings. The minimum absolute atomic E-state index is 0.208. The molecule has 110 valence electrons. The summed E-state index contributed by atoms with van der Waals surface area (Å²) in [6.45, 7) is 1.83. The summed E-state index contributed by atoms with van der Waals surface area (Å²) in [5, 5.41) is 9.59. The van der Waals surface area contributed by atoms with Crippen LogP contribution in [0, 0.1) is 6.92 Å². The van der Waals surface area contributed by atoms with Crippen LogP contribution >= 0.6 is 0 Å². The number of methoxy groups -OCH3 is 1. The van der Waals surface area contributed by atoms with Crippen molar-refractivity contribution in [2.75, 3.05) is 7.11 Å². The molecule has 0 saturated heterocycles. The molecule has 0 radical (unpaired) electrons. The summed E-state index contributed by atoms with van der Waals surface area (Å²) in [6.07, 6.45) is 1.89. The van der Waals surface area contributed by atoms with Crippen LogP contribution in [0.4, 0.5) is 0 Å². The molecule has 0 atom stereocenters. The second kappa shape index (κ2) is 4.91. The number of aliphatic carboxylic acids is 1. The summed E-state index contributed by atoms with van der Waals surface area (Å²) in [5.41, 5.74) is 1.79. The lowest BCUT2D eigenvalue weighted by atomic mass is 10.0. The zero-order valence-electron chi connectivity index (χ0n) is 12.0. The molecule has 1 N–H and O–H groups in total. The average molecular weight is 287 g/mol. The van der Waals surface area contributed by atoms with E-state index in [9.17, 15) is 9.59 Å². The highest BCUT2D eigenvalue weighted by Gasteiger charge is 2.28. The van der Waals surface area contributed by atoms with E-state index in [1.54, 1.807) is 13.2 Å². The van der Waals surface area contributed by atoms with Gasteiger partial charge in [-0.25, -0.2) is 0 Å². The Morgan fingerprint density at radius 3 is 2.71 bits per heavy atom. The Balaban J connectivity index is 2.36. The molecule has 0 unspecified atom stereocenters. The molecule has 5 nitrogen and oxygen atoms in total. The van der Waals surface area contributed by atoms with Crippen molar-refractivity contribution in [3.8, 4) is 5.75 Å². The molecule has 1 heterocycles. The van der Waals surface area contributed by atoms with E-state index in [-0.39, 0.29) is 11.8 Å². The molecular formula is C16H17NO4. The summed E-state index contributed by atoms with van der Waals surface area (Å²) >= 11 is 0. The Morgan fingerprint density at radius 2 is 2.14 bits per heavy atom. The predicted molar refractivity (Wildman–Crippen MR) is 79.1 cm³/mol. The molecule has 3 rings (SSSR count). The summed E-state index contributed by atoms with van der Waals surface area (Å²) < 4.78 is 7.29. The van der Waals surface area contributed by atoms with E-state index >= 15 is 0 Å². The lowest BCUT2D eigenvalue weighted by Gasteiger charge is -2.17. The van der Waals surface area contributed by atoms with E-state index in [0.717, 1.165) is 24.1 Å². The van der Waals surface area contributed by atoms with Crippen molar-refractivity contribution in [1.82, 2.24) is 4.57 Å². The number of hydrogen-bond donors (Lipinski definition) is 1. The lowest BCUT2D eigenvalue weighted by Crippen LogP contribution is -2.21. The quantitative estimate of drug-likeness (QED) is 0.936. The van der Waals surface area contributed by atoms with E-state index in [4.69, 9.17) is 9.84 Å². The highest BCUT2D eigenvalue weighted by Crippen LogP contribution is 2.38. The van der Waals surface area contributed by atoms with Gasteiger partial charge < -0.3 is 14.4 Å². The van der Waals surface area contributed by atoms with E-state index in [2.05, 4.69) is 4.57 Å². The van der Waals surface area contributed by atoms with Gasteiger partial charge in [0.15, 0.2) is 5.43 Å². The molecule has 0 spiro atoms. The van der Waals surface area contributed by atoms with Gasteiger partial charge in [0.2, 0.25) is 0 Å². The van der Waals surface area contributed by atoms with Gasteiger partial charge in [-0.1, -0.05) is 0 Å². The lowest BCUT2D eigenvalue weighted by molar-refractivity contribution is -0.136. The number of aromatic nitrogens is 1. The molecule has 1 aromatic carbocycles. The first-order chi connectivity index (χ1) is 10.0. The van der Waals surface area contributed by atoms with Crippen molar-refractivity contribution in [2.24, 2.45) is 0 Å². The first kappa shape index (κ1) is 13.7. The number of benzene rings is 1. The second-order valence-corrected chi connectivity index (χ2v) is 5.45. The van der Waals surface area contributed by atoms with Crippen molar-refractivity contribution in [3.05, 3.63) is 39.7 Å². The molecule has 1 aromatic heterocycles. The third kappa shape index (κ3) is 2.28. The van der Waals surface area contributed by atoms with Crippen molar-refractivity contribution in [1.29, 1.82) is 0 Å². The van der Waals surface area contributed by atoms with Crippen LogP contribution in [-0.2, 0) is 11.2 Å². The maximum atomic E-state index is 12.6. The van der Waals surface area contributed by atoms with Gasteiger partial charge in [0.25, 0.3) is 0 Å². The van der Waals surface area contributed by atoms with Crippen LogP contribution in [0.15, 0.2) is 23.0 Å². The molecule has 1 aliphatic carbocycles. The average Bonchev–Trinajstić information content (AvgIpc) is 3.28. The third-order valence-electron chi connectivity index (χ3n) is 4.02. The molecule has 1 aliphatic rings. The van der Waals surface area contributed by atoms with Crippen LogP contribution in [0.2, 0.25) is 0 Å². The number of carboxylic acids is 1.